The van der Waals surface area contributed by atoms with E-state index in [2.05, 4.69) is 20.8 Å². The molecule has 3 aromatic carbocycles. The van der Waals surface area contributed by atoms with Crippen LogP contribution in [0.25, 0.3) is 10.9 Å². The summed E-state index contributed by atoms with van der Waals surface area (Å²) in [4.78, 5) is 17.5. The summed E-state index contributed by atoms with van der Waals surface area (Å²) in [6.07, 6.45) is -0.353. The fraction of sp³-hybridized carbons (Fsp3) is 0.241. The van der Waals surface area contributed by atoms with E-state index in [0.29, 0.717) is 29.0 Å². The molecular weight excluding hydrogens is 426 g/mol. The fourth-order valence-electron chi connectivity index (χ4n) is 4.67. The molecule has 5 rings (SSSR count). The van der Waals surface area contributed by atoms with Crippen LogP contribution in [0.5, 0.6) is 11.5 Å². The van der Waals surface area contributed by atoms with Crippen molar-refractivity contribution in [1.82, 2.24) is 4.98 Å². The van der Waals surface area contributed by atoms with Crippen molar-refractivity contribution in [2.45, 2.75) is 45.3 Å². The topological polar surface area (TPSA) is 68.7 Å². The third-order valence-electron chi connectivity index (χ3n) is 6.47. The normalized spacial score (nSPS) is 16.9. The summed E-state index contributed by atoms with van der Waals surface area (Å²) in [5.74, 6) is 0.547. The number of rotatable bonds is 6. The Morgan fingerprint density at radius 1 is 1.06 bits per heavy atom. The molecule has 34 heavy (non-hydrogen) atoms. The molecule has 1 aliphatic heterocycles. The molecule has 1 N–H and O–H groups in total. The van der Waals surface area contributed by atoms with E-state index >= 15 is 0 Å². The number of aromatic nitrogens is 1. The zero-order chi connectivity index (χ0) is 23.8. The third kappa shape index (κ3) is 3.87. The number of carbonyl (C=O) groups is 1. The van der Waals surface area contributed by atoms with Crippen LogP contribution in [0.3, 0.4) is 0 Å². The van der Waals surface area contributed by atoms with Crippen molar-refractivity contribution in [3.05, 3.63) is 101 Å². The molecule has 5 nitrogen and oxygen atoms in total. The Labute approximate surface area is 199 Å². The maximum atomic E-state index is 12.5. The molecule has 0 saturated heterocycles. The van der Waals surface area contributed by atoms with Gasteiger partial charge in [-0.1, -0.05) is 75.4 Å². The van der Waals surface area contributed by atoms with Crippen molar-refractivity contribution in [1.29, 1.82) is 0 Å². The molecule has 2 heterocycles. The number of hydrogen-bond donors (Lipinski definition) is 1. The van der Waals surface area contributed by atoms with E-state index in [-0.39, 0.29) is 23.5 Å². The van der Waals surface area contributed by atoms with E-state index in [1.807, 2.05) is 66.7 Å². The van der Waals surface area contributed by atoms with Gasteiger partial charge >= 0.3 is 5.97 Å². The van der Waals surface area contributed by atoms with Crippen molar-refractivity contribution in [3.63, 3.8) is 0 Å². The number of benzene rings is 3. The predicted octanol–water partition coefficient (Wildman–Crippen LogP) is 6.87. The van der Waals surface area contributed by atoms with E-state index in [1.54, 1.807) is 6.07 Å². The Kier molecular flexibility index (Phi) is 5.70. The molecule has 0 bridgehead atoms. The SMILES string of the molecule is CC(C)c1ccc(OCc2ccccc2)c2c(C(=O)O)cc(C3Oc4ccccc4C3C)nc12. The molecule has 1 aliphatic rings. The summed E-state index contributed by atoms with van der Waals surface area (Å²) in [6, 6.07) is 23.3. The van der Waals surface area contributed by atoms with E-state index in [1.165, 1.54) is 0 Å². The van der Waals surface area contributed by atoms with E-state index in [0.717, 1.165) is 22.4 Å². The van der Waals surface area contributed by atoms with Gasteiger partial charge in [0.25, 0.3) is 0 Å². The number of hydrogen-bond acceptors (Lipinski definition) is 4. The molecule has 2 atom stereocenters. The zero-order valence-corrected chi connectivity index (χ0v) is 19.5. The number of pyridine rings is 1. The highest BCUT2D eigenvalue weighted by Crippen LogP contribution is 2.46. The highest BCUT2D eigenvalue weighted by atomic mass is 16.5. The Balaban J connectivity index is 1.64. The third-order valence-corrected chi connectivity index (χ3v) is 6.47. The highest BCUT2D eigenvalue weighted by molar-refractivity contribution is 6.06. The van der Waals surface area contributed by atoms with Crippen molar-refractivity contribution in [2.24, 2.45) is 0 Å². The van der Waals surface area contributed by atoms with E-state index < -0.39 is 5.97 Å². The van der Waals surface area contributed by atoms with Crippen molar-refractivity contribution >= 4 is 16.9 Å². The molecule has 172 valence electrons. The first-order valence-corrected chi connectivity index (χ1v) is 11.6. The Morgan fingerprint density at radius 2 is 1.79 bits per heavy atom. The minimum Gasteiger partial charge on any atom is -0.488 e. The van der Waals surface area contributed by atoms with E-state index in [9.17, 15) is 9.90 Å². The summed E-state index contributed by atoms with van der Waals surface area (Å²) >= 11 is 0. The van der Waals surface area contributed by atoms with Crippen LogP contribution in [-0.4, -0.2) is 16.1 Å². The Hall–Kier alpha value is -3.86. The summed E-state index contributed by atoms with van der Waals surface area (Å²) in [6.45, 7) is 6.60. The van der Waals surface area contributed by atoms with Gasteiger partial charge in [0.05, 0.1) is 22.2 Å². The lowest BCUT2D eigenvalue weighted by molar-refractivity contribution is 0.0698. The summed E-state index contributed by atoms with van der Waals surface area (Å²) < 4.78 is 12.4. The standard InChI is InChI=1S/C29H27NO4/c1-17(2)20-13-14-25(33-16-19-9-5-4-6-10-19)26-22(29(31)32)15-23(30-27(20)26)28-18(3)21-11-7-8-12-24(21)34-28/h4-15,17-18,28H,16H2,1-3H3,(H,31,32). The first-order chi connectivity index (χ1) is 16.4. The van der Waals surface area contributed by atoms with Crippen LogP contribution in [0.1, 0.15) is 71.5 Å². The first kappa shape index (κ1) is 22.0. The van der Waals surface area contributed by atoms with Crippen LogP contribution >= 0.6 is 0 Å². The van der Waals surface area contributed by atoms with Crippen LogP contribution in [0.2, 0.25) is 0 Å². The van der Waals surface area contributed by atoms with Gasteiger partial charge in [0.2, 0.25) is 0 Å². The monoisotopic (exact) mass is 453 g/mol. The van der Waals surface area contributed by atoms with Crippen molar-refractivity contribution in [2.75, 3.05) is 0 Å². The summed E-state index contributed by atoms with van der Waals surface area (Å²) in [5.41, 5.74) is 4.55. The highest BCUT2D eigenvalue weighted by Gasteiger charge is 2.34. The predicted molar refractivity (Wildman–Crippen MR) is 132 cm³/mol. The number of nitrogens with zero attached hydrogens (tertiary/aromatic N) is 1. The molecule has 4 aromatic rings. The molecule has 0 saturated carbocycles. The van der Waals surface area contributed by atoms with Crippen molar-refractivity contribution in [3.8, 4) is 11.5 Å². The summed E-state index contributed by atoms with van der Waals surface area (Å²) in [5, 5.41) is 10.7. The number of ether oxygens (including phenoxy) is 2. The second-order valence-electron chi connectivity index (χ2n) is 9.07. The number of carboxylic acid groups (broad SMARTS) is 1. The zero-order valence-electron chi connectivity index (χ0n) is 19.5. The average molecular weight is 454 g/mol. The molecular formula is C29H27NO4. The second kappa shape index (κ2) is 8.82. The molecule has 2 unspecified atom stereocenters. The average Bonchev–Trinajstić information content (AvgIpc) is 3.18. The minimum absolute atomic E-state index is 0.0582. The van der Waals surface area contributed by atoms with Gasteiger partial charge in [0.1, 0.15) is 24.2 Å². The first-order valence-electron chi connectivity index (χ1n) is 11.6. The quantitative estimate of drug-likeness (QED) is 0.345. The number of carboxylic acids is 1. The molecule has 0 fully saturated rings. The lowest BCUT2D eigenvalue weighted by Gasteiger charge is -2.20. The van der Waals surface area contributed by atoms with Gasteiger partial charge in [0, 0.05) is 11.5 Å². The molecule has 0 spiro atoms. The van der Waals surface area contributed by atoms with Gasteiger partial charge in [-0.2, -0.15) is 0 Å². The Morgan fingerprint density at radius 3 is 2.50 bits per heavy atom. The largest absolute Gasteiger partial charge is 0.488 e. The van der Waals surface area contributed by atoms with Gasteiger partial charge in [0.15, 0.2) is 0 Å². The van der Waals surface area contributed by atoms with Crippen molar-refractivity contribution < 1.29 is 19.4 Å². The smallest absolute Gasteiger partial charge is 0.336 e. The minimum atomic E-state index is -1.01. The van der Waals surface area contributed by atoms with Gasteiger partial charge in [-0.05, 0) is 35.2 Å². The molecule has 0 radical (unpaired) electrons. The van der Waals surface area contributed by atoms with Gasteiger partial charge < -0.3 is 14.6 Å². The number of fused-ring (bicyclic) bond motifs is 2. The van der Waals surface area contributed by atoms with E-state index in [4.69, 9.17) is 14.5 Å². The summed E-state index contributed by atoms with van der Waals surface area (Å²) in [7, 11) is 0. The number of aromatic carboxylic acids is 1. The maximum Gasteiger partial charge on any atom is 0.336 e. The second-order valence-corrected chi connectivity index (χ2v) is 9.07. The molecule has 0 aliphatic carbocycles. The Bertz CT molecular complexity index is 1360. The molecule has 5 heteroatoms. The van der Waals surface area contributed by atoms with Crippen LogP contribution in [-0.2, 0) is 6.61 Å². The molecule has 1 aromatic heterocycles. The van der Waals surface area contributed by atoms with Gasteiger partial charge in [-0.25, -0.2) is 9.78 Å². The van der Waals surface area contributed by atoms with Crippen LogP contribution < -0.4 is 9.47 Å². The fourth-order valence-corrected chi connectivity index (χ4v) is 4.67. The van der Waals surface area contributed by atoms with Crippen LogP contribution in [0.15, 0.2) is 72.8 Å². The lowest BCUT2D eigenvalue weighted by atomic mass is 9.92. The van der Waals surface area contributed by atoms with Gasteiger partial charge in [-0.15, -0.1) is 0 Å². The number of para-hydroxylation sites is 1. The maximum absolute atomic E-state index is 12.5. The van der Waals surface area contributed by atoms with Crippen LogP contribution in [0.4, 0.5) is 0 Å². The molecule has 0 amide bonds. The van der Waals surface area contributed by atoms with Crippen LogP contribution in [0, 0.1) is 0 Å². The van der Waals surface area contributed by atoms with Gasteiger partial charge in [-0.3, -0.25) is 0 Å². The lowest BCUT2D eigenvalue weighted by Crippen LogP contribution is -2.13.